The largest absolute Gasteiger partial charge is 0.347 e. The summed E-state index contributed by atoms with van der Waals surface area (Å²) in [4.78, 5) is 11.1. The van der Waals surface area contributed by atoms with Crippen LogP contribution in [0.3, 0.4) is 0 Å². The van der Waals surface area contributed by atoms with E-state index in [9.17, 15) is 0 Å². The Morgan fingerprint density at radius 2 is 1.96 bits per heavy atom. The van der Waals surface area contributed by atoms with E-state index in [1.165, 1.54) is 0 Å². The van der Waals surface area contributed by atoms with E-state index in [1.54, 1.807) is 19.2 Å². The van der Waals surface area contributed by atoms with Crippen LogP contribution in [0.1, 0.15) is 33.6 Å². The predicted molar refractivity (Wildman–Crippen MR) is 99.5 cm³/mol. The molecule has 0 radical (unpaired) electrons. The van der Waals surface area contributed by atoms with Gasteiger partial charge in [0.2, 0.25) is 11.7 Å². The van der Waals surface area contributed by atoms with E-state index in [4.69, 9.17) is 16.1 Å². The number of benzene rings is 1. The van der Waals surface area contributed by atoms with E-state index in [1.807, 2.05) is 12.1 Å². The van der Waals surface area contributed by atoms with Gasteiger partial charge < -0.3 is 14.7 Å². The van der Waals surface area contributed by atoms with Crippen molar-refractivity contribution in [3.8, 4) is 11.4 Å². The highest BCUT2D eigenvalue weighted by molar-refractivity contribution is 6.30. The van der Waals surface area contributed by atoms with Crippen LogP contribution in [0.5, 0.6) is 0 Å². The number of rotatable bonds is 3. The van der Waals surface area contributed by atoms with Crippen molar-refractivity contribution >= 4 is 17.6 Å². The first-order valence-electron chi connectivity index (χ1n) is 8.31. The molecule has 0 spiro atoms. The number of aliphatic imine (C=N–C) groups is 1. The van der Waals surface area contributed by atoms with Crippen LogP contribution in [-0.2, 0) is 6.54 Å². The molecular formula is C18H24ClN5O. The molecule has 1 aromatic heterocycles. The summed E-state index contributed by atoms with van der Waals surface area (Å²) in [5, 5.41) is 8.02. The molecule has 25 heavy (non-hydrogen) atoms. The summed E-state index contributed by atoms with van der Waals surface area (Å²) in [5.74, 6) is 1.91. The van der Waals surface area contributed by atoms with Crippen LogP contribution in [-0.4, -0.2) is 40.1 Å². The van der Waals surface area contributed by atoms with Crippen LogP contribution in [0.2, 0.25) is 5.02 Å². The lowest BCUT2D eigenvalue weighted by atomic mass is 9.65. The molecule has 1 aliphatic heterocycles. The Bertz CT molecular complexity index is 779. The summed E-state index contributed by atoms with van der Waals surface area (Å²) in [6.45, 7) is 10.4. The van der Waals surface area contributed by atoms with Gasteiger partial charge in [-0.15, -0.1) is 0 Å². The summed E-state index contributed by atoms with van der Waals surface area (Å²) in [6.07, 6.45) is 0. The molecule has 0 aliphatic carbocycles. The second-order valence-electron chi connectivity index (χ2n) is 7.45. The lowest BCUT2D eigenvalue weighted by Gasteiger charge is -2.62. The van der Waals surface area contributed by atoms with Crippen molar-refractivity contribution in [2.24, 2.45) is 10.4 Å². The summed E-state index contributed by atoms with van der Waals surface area (Å²) in [5.41, 5.74) is 1.16. The van der Waals surface area contributed by atoms with Crippen molar-refractivity contribution in [3.63, 3.8) is 0 Å². The molecule has 134 valence electrons. The fraction of sp³-hybridized carbons (Fsp3) is 0.500. The van der Waals surface area contributed by atoms with Crippen LogP contribution in [0.15, 0.2) is 33.8 Å². The van der Waals surface area contributed by atoms with Gasteiger partial charge in [0.15, 0.2) is 5.96 Å². The second-order valence-corrected chi connectivity index (χ2v) is 7.88. The Balaban J connectivity index is 1.65. The van der Waals surface area contributed by atoms with Gasteiger partial charge in [-0.1, -0.05) is 30.6 Å². The molecule has 7 heteroatoms. The van der Waals surface area contributed by atoms with Crippen LogP contribution >= 0.6 is 11.6 Å². The van der Waals surface area contributed by atoms with Crippen molar-refractivity contribution in [1.29, 1.82) is 0 Å². The molecular weight excluding hydrogens is 338 g/mol. The van der Waals surface area contributed by atoms with Crippen molar-refractivity contribution in [3.05, 3.63) is 35.2 Å². The molecule has 2 heterocycles. The van der Waals surface area contributed by atoms with Crippen molar-refractivity contribution in [1.82, 2.24) is 20.4 Å². The predicted octanol–water partition coefficient (Wildman–Crippen LogP) is 3.59. The Kier molecular flexibility index (Phi) is 4.49. The van der Waals surface area contributed by atoms with E-state index in [2.05, 4.69) is 53.0 Å². The molecule has 6 nitrogen and oxygen atoms in total. The molecule has 0 saturated carbocycles. The highest BCUT2D eigenvalue weighted by Gasteiger charge is 2.53. The smallest absolute Gasteiger partial charge is 0.246 e. The van der Waals surface area contributed by atoms with Crippen LogP contribution in [0.25, 0.3) is 11.4 Å². The molecule has 1 aliphatic rings. The fourth-order valence-corrected chi connectivity index (χ4v) is 3.02. The Labute approximate surface area is 153 Å². The summed E-state index contributed by atoms with van der Waals surface area (Å²) in [6, 6.07) is 7.35. The summed E-state index contributed by atoms with van der Waals surface area (Å²) >= 11 is 5.90. The average molecular weight is 362 g/mol. The van der Waals surface area contributed by atoms with Crippen LogP contribution in [0.4, 0.5) is 0 Å². The van der Waals surface area contributed by atoms with Gasteiger partial charge in [-0.05, 0) is 38.1 Å². The fourth-order valence-electron chi connectivity index (χ4n) is 2.89. The third kappa shape index (κ3) is 3.23. The van der Waals surface area contributed by atoms with E-state index in [0.717, 1.165) is 18.1 Å². The zero-order valence-electron chi connectivity index (χ0n) is 15.3. The standard InChI is InChI=1S/C18H24ClN5O/c1-17(2)11-24(18(17,3)4)16(20-5)21-10-14-22-15(23-25-14)12-6-8-13(19)9-7-12/h6-9H,10-11H2,1-5H3,(H,20,21). The average Bonchev–Trinajstić information content (AvgIpc) is 3.04. The van der Waals surface area contributed by atoms with Gasteiger partial charge in [0.25, 0.3) is 0 Å². The maximum atomic E-state index is 5.90. The van der Waals surface area contributed by atoms with Crippen molar-refractivity contribution in [2.45, 2.75) is 39.8 Å². The summed E-state index contributed by atoms with van der Waals surface area (Å²) < 4.78 is 5.34. The Morgan fingerprint density at radius 3 is 2.52 bits per heavy atom. The third-order valence-corrected chi connectivity index (χ3v) is 5.57. The van der Waals surface area contributed by atoms with Crippen LogP contribution in [0, 0.1) is 5.41 Å². The first-order chi connectivity index (χ1) is 11.7. The highest BCUT2D eigenvalue weighted by Crippen LogP contribution is 2.46. The number of guanidine groups is 1. The highest BCUT2D eigenvalue weighted by atomic mass is 35.5. The van der Waals surface area contributed by atoms with E-state index in [0.29, 0.717) is 23.3 Å². The number of hydrogen-bond donors (Lipinski definition) is 1. The van der Waals surface area contributed by atoms with Gasteiger partial charge in [0.05, 0.1) is 6.54 Å². The molecule has 0 atom stereocenters. The number of nitrogens with zero attached hydrogens (tertiary/aromatic N) is 4. The minimum Gasteiger partial charge on any atom is -0.347 e. The molecule has 2 aromatic rings. The maximum Gasteiger partial charge on any atom is 0.246 e. The zero-order chi connectivity index (χ0) is 18.2. The van der Waals surface area contributed by atoms with Gasteiger partial charge >= 0.3 is 0 Å². The molecule has 0 unspecified atom stereocenters. The molecule has 1 aromatic carbocycles. The van der Waals surface area contributed by atoms with Gasteiger partial charge in [-0.3, -0.25) is 4.99 Å². The zero-order valence-corrected chi connectivity index (χ0v) is 16.1. The topological polar surface area (TPSA) is 66.5 Å². The number of nitrogens with one attached hydrogen (secondary N) is 1. The molecule has 3 rings (SSSR count). The number of aromatic nitrogens is 2. The second kappa shape index (κ2) is 6.33. The minimum absolute atomic E-state index is 0.0398. The normalized spacial score (nSPS) is 18.8. The third-order valence-electron chi connectivity index (χ3n) is 5.32. The monoisotopic (exact) mass is 361 g/mol. The Morgan fingerprint density at radius 1 is 1.28 bits per heavy atom. The van der Waals surface area contributed by atoms with E-state index >= 15 is 0 Å². The van der Waals surface area contributed by atoms with Crippen molar-refractivity contribution < 1.29 is 4.52 Å². The maximum absolute atomic E-state index is 5.90. The van der Waals surface area contributed by atoms with Crippen LogP contribution < -0.4 is 5.32 Å². The van der Waals surface area contributed by atoms with Gasteiger partial charge in [0.1, 0.15) is 0 Å². The first kappa shape index (κ1) is 17.7. The SMILES string of the molecule is CN=C(NCc1nc(-c2ccc(Cl)cc2)no1)N1CC(C)(C)C1(C)C. The molecule has 0 amide bonds. The Hall–Kier alpha value is -2.08. The number of likely N-dealkylation sites (tertiary alicyclic amines) is 1. The van der Waals surface area contributed by atoms with Gasteiger partial charge in [0, 0.05) is 35.1 Å². The quantitative estimate of drug-likeness (QED) is 0.668. The van der Waals surface area contributed by atoms with Gasteiger partial charge in [-0.2, -0.15) is 4.98 Å². The van der Waals surface area contributed by atoms with Gasteiger partial charge in [-0.25, -0.2) is 0 Å². The molecule has 0 bridgehead atoms. The van der Waals surface area contributed by atoms with Crippen molar-refractivity contribution in [2.75, 3.05) is 13.6 Å². The number of halogens is 1. The molecule has 1 fully saturated rings. The minimum atomic E-state index is 0.0398. The number of hydrogen-bond acceptors (Lipinski definition) is 4. The molecule has 1 N–H and O–H groups in total. The summed E-state index contributed by atoms with van der Waals surface area (Å²) in [7, 11) is 1.79. The lowest BCUT2D eigenvalue weighted by Crippen LogP contribution is -2.72. The lowest BCUT2D eigenvalue weighted by molar-refractivity contribution is -0.0668. The molecule has 1 saturated heterocycles. The first-order valence-corrected chi connectivity index (χ1v) is 8.69. The van der Waals surface area contributed by atoms with E-state index in [-0.39, 0.29) is 11.0 Å². The van der Waals surface area contributed by atoms with E-state index < -0.39 is 0 Å².